The Balaban J connectivity index is 0. The van der Waals surface area contributed by atoms with E-state index in [9.17, 15) is 0 Å². The second-order valence-electron chi connectivity index (χ2n) is 6.40. The van der Waals surface area contributed by atoms with Gasteiger partial charge in [-0.3, -0.25) is 0 Å². The maximum Gasteiger partial charge on any atom is 0.0786 e. The topological polar surface area (TPSA) is 0 Å². The van der Waals surface area contributed by atoms with Crippen molar-refractivity contribution in [3.63, 3.8) is 0 Å². The van der Waals surface area contributed by atoms with Crippen LogP contribution in [0.1, 0.15) is 85.0 Å². The minimum Gasteiger partial charge on any atom is -1.00 e. The van der Waals surface area contributed by atoms with Gasteiger partial charge in [-0.15, -0.1) is 0 Å². The summed E-state index contributed by atoms with van der Waals surface area (Å²) in [7, 11) is 0. The maximum atomic E-state index is 3.59. The van der Waals surface area contributed by atoms with Crippen LogP contribution in [-0.4, -0.2) is 36.0 Å². The van der Waals surface area contributed by atoms with E-state index >= 15 is 0 Å². The summed E-state index contributed by atoms with van der Waals surface area (Å²) in [5.74, 6) is 0. The largest absolute Gasteiger partial charge is 1.00 e. The smallest absolute Gasteiger partial charge is 0.0786 e. The molecule has 0 N–H and O–H groups in total. The van der Waals surface area contributed by atoms with Crippen molar-refractivity contribution in [2.45, 2.75) is 85.0 Å². The molecule has 0 fully saturated rings. The number of rotatable bonds is 15. The monoisotopic (exact) mass is 383 g/mol. The van der Waals surface area contributed by atoms with Gasteiger partial charge in [0.1, 0.15) is 0 Å². The lowest BCUT2D eigenvalue weighted by Gasteiger charge is -2.39. The molecule has 0 atom stereocenters. The van der Waals surface area contributed by atoms with E-state index in [0.717, 1.165) is 0 Å². The first-order valence-electron chi connectivity index (χ1n) is 9.15. The lowest BCUT2D eigenvalue weighted by atomic mass is 10.1. The van der Waals surface area contributed by atoms with E-state index in [4.69, 9.17) is 0 Å². The summed E-state index contributed by atoms with van der Waals surface area (Å²) in [6.45, 7) is 12.7. The molecule has 0 aromatic heterocycles. The number of alkyl halides is 1. The van der Waals surface area contributed by atoms with Gasteiger partial charge >= 0.3 is 0 Å². The van der Waals surface area contributed by atoms with Crippen molar-refractivity contribution in [1.82, 2.24) is 0 Å². The van der Waals surface area contributed by atoms with Gasteiger partial charge in [0.2, 0.25) is 0 Å². The number of quaternary nitrogens is 1. The molecule has 0 aliphatic carbocycles. The third-order valence-corrected chi connectivity index (χ3v) is 5.03. The van der Waals surface area contributed by atoms with Gasteiger partial charge in [0.25, 0.3) is 0 Å². The van der Waals surface area contributed by atoms with E-state index in [1.807, 2.05) is 0 Å². The first kappa shape index (κ1) is 24.0. The number of halogens is 2. The van der Waals surface area contributed by atoms with Crippen molar-refractivity contribution < 1.29 is 16.9 Å². The third-order valence-electron chi connectivity index (χ3n) is 4.47. The van der Waals surface area contributed by atoms with E-state index in [2.05, 4.69) is 36.7 Å². The Hall–Kier alpha value is 0.730. The molecule has 0 bridgehead atoms. The van der Waals surface area contributed by atoms with Gasteiger partial charge < -0.3 is 16.9 Å². The van der Waals surface area contributed by atoms with Gasteiger partial charge in [-0.1, -0.05) is 62.4 Å². The highest BCUT2D eigenvalue weighted by Crippen LogP contribution is 2.17. The minimum atomic E-state index is 0. The Morgan fingerprint density at radius 2 is 1.00 bits per heavy atom. The quantitative estimate of drug-likeness (QED) is 0.231. The predicted octanol–water partition coefficient (Wildman–Crippen LogP) is 3.16. The van der Waals surface area contributed by atoms with Crippen LogP contribution >= 0.6 is 15.9 Å². The maximum absolute atomic E-state index is 3.59. The Morgan fingerprint density at radius 1 is 0.571 bits per heavy atom. The zero-order valence-corrected chi connectivity index (χ0v) is 17.2. The molecular formula is C18H39BrClN. The number of nitrogens with zero attached hydrogens (tertiary/aromatic N) is 1. The zero-order valence-electron chi connectivity index (χ0n) is 14.8. The van der Waals surface area contributed by atoms with E-state index in [-0.39, 0.29) is 12.4 Å². The van der Waals surface area contributed by atoms with Crippen molar-refractivity contribution >= 4 is 15.9 Å². The van der Waals surface area contributed by atoms with Crippen molar-refractivity contribution in [2.75, 3.05) is 31.5 Å². The molecule has 0 aliphatic heterocycles. The lowest BCUT2D eigenvalue weighted by molar-refractivity contribution is -0.929. The van der Waals surface area contributed by atoms with E-state index in [0.29, 0.717) is 0 Å². The third kappa shape index (κ3) is 12.9. The Bertz CT molecular complexity index is 192. The van der Waals surface area contributed by atoms with E-state index in [1.165, 1.54) is 100 Å². The van der Waals surface area contributed by atoms with Crippen LogP contribution < -0.4 is 12.4 Å². The van der Waals surface area contributed by atoms with Crippen molar-refractivity contribution in [3.8, 4) is 0 Å². The van der Waals surface area contributed by atoms with Gasteiger partial charge in [-0.05, 0) is 38.5 Å². The van der Waals surface area contributed by atoms with Crippen LogP contribution in [0.25, 0.3) is 0 Å². The molecule has 0 rings (SSSR count). The van der Waals surface area contributed by atoms with Gasteiger partial charge in [0.05, 0.1) is 26.2 Å². The molecule has 0 radical (unpaired) electrons. The summed E-state index contributed by atoms with van der Waals surface area (Å²) in [6, 6.07) is 0. The Labute approximate surface area is 149 Å². The van der Waals surface area contributed by atoms with Gasteiger partial charge in [0.15, 0.2) is 0 Å². The molecule has 130 valence electrons. The summed E-state index contributed by atoms with van der Waals surface area (Å²) < 4.78 is 1.42. The van der Waals surface area contributed by atoms with Gasteiger partial charge in [-0.25, -0.2) is 0 Å². The predicted molar refractivity (Wildman–Crippen MR) is 96.7 cm³/mol. The average molecular weight is 385 g/mol. The molecule has 0 heterocycles. The second kappa shape index (κ2) is 17.1. The summed E-state index contributed by atoms with van der Waals surface area (Å²) >= 11 is 3.59. The summed E-state index contributed by atoms with van der Waals surface area (Å²) in [5, 5.41) is 1.17. The van der Waals surface area contributed by atoms with Crippen molar-refractivity contribution in [3.05, 3.63) is 0 Å². The molecule has 1 nitrogen and oxygen atoms in total. The Morgan fingerprint density at radius 3 is 1.43 bits per heavy atom. The first-order chi connectivity index (χ1) is 9.74. The van der Waals surface area contributed by atoms with E-state index < -0.39 is 0 Å². The average Bonchev–Trinajstić information content (AvgIpc) is 2.47. The molecule has 0 aromatic rings. The number of unbranched alkanes of at least 4 members (excludes halogenated alkanes) is 6. The second-order valence-corrected chi connectivity index (χ2v) is 7.19. The highest BCUT2D eigenvalue weighted by Gasteiger charge is 2.25. The molecule has 0 amide bonds. The molecule has 0 spiro atoms. The SMILES string of the molecule is CCCCCC[N+](CCCC)(CCCC)CCCCBr.[Cl-]. The highest BCUT2D eigenvalue weighted by atomic mass is 79.9. The Kier molecular flexibility index (Phi) is 19.5. The summed E-state index contributed by atoms with van der Waals surface area (Å²) in [4.78, 5) is 0. The molecule has 0 saturated carbocycles. The molecule has 0 saturated heterocycles. The van der Waals surface area contributed by atoms with Crippen molar-refractivity contribution in [1.29, 1.82) is 0 Å². The van der Waals surface area contributed by atoms with Crippen molar-refractivity contribution in [2.24, 2.45) is 0 Å². The molecule has 0 aromatic carbocycles. The fraction of sp³-hybridized carbons (Fsp3) is 1.00. The first-order valence-corrected chi connectivity index (χ1v) is 10.3. The number of hydrogen-bond donors (Lipinski definition) is 0. The summed E-state index contributed by atoms with van der Waals surface area (Å²) in [6.07, 6.45) is 13.9. The highest BCUT2D eigenvalue weighted by molar-refractivity contribution is 9.09. The standard InChI is InChI=1S/C18H39BrN.ClH/c1-4-7-10-12-17-20(15-8-5-2,16-9-6-3)18-13-11-14-19;/h4-18H2,1-3H3;1H/q+1;/p-1. The van der Waals surface area contributed by atoms with Crippen LogP contribution in [0.2, 0.25) is 0 Å². The van der Waals surface area contributed by atoms with Gasteiger partial charge in [0, 0.05) is 5.33 Å². The molecule has 21 heavy (non-hydrogen) atoms. The minimum absolute atomic E-state index is 0. The fourth-order valence-corrected chi connectivity index (χ4v) is 3.47. The molecule has 0 aliphatic rings. The van der Waals surface area contributed by atoms with Crippen LogP contribution in [0, 0.1) is 0 Å². The van der Waals surface area contributed by atoms with Crippen LogP contribution in [0.4, 0.5) is 0 Å². The molecule has 3 heteroatoms. The van der Waals surface area contributed by atoms with E-state index in [1.54, 1.807) is 0 Å². The normalized spacial score (nSPS) is 11.4. The van der Waals surface area contributed by atoms with Crippen LogP contribution in [0.15, 0.2) is 0 Å². The lowest BCUT2D eigenvalue weighted by Crippen LogP contribution is -3.00. The molecular weight excluding hydrogens is 346 g/mol. The zero-order chi connectivity index (χ0) is 15.1. The van der Waals surface area contributed by atoms with Crippen LogP contribution in [-0.2, 0) is 0 Å². The molecule has 0 unspecified atom stereocenters. The fourth-order valence-electron chi connectivity index (χ4n) is 3.07. The van der Waals surface area contributed by atoms with Gasteiger partial charge in [-0.2, -0.15) is 0 Å². The summed E-state index contributed by atoms with van der Waals surface area (Å²) in [5.41, 5.74) is 0. The van der Waals surface area contributed by atoms with Crippen LogP contribution in [0.5, 0.6) is 0 Å². The van der Waals surface area contributed by atoms with Crippen LogP contribution in [0.3, 0.4) is 0 Å². The number of hydrogen-bond acceptors (Lipinski definition) is 0.